The van der Waals surface area contributed by atoms with Gasteiger partial charge in [0, 0.05) is 37.3 Å². The average molecular weight is 475 g/mol. The lowest BCUT2D eigenvalue weighted by atomic mass is 10.1. The van der Waals surface area contributed by atoms with E-state index in [0.717, 1.165) is 11.4 Å². The molecule has 1 aliphatic rings. The Balaban J connectivity index is 1.37. The van der Waals surface area contributed by atoms with Crippen LogP contribution in [0.2, 0.25) is 0 Å². The van der Waals surface area contributed by atoms with Gasteiger partial charge in [0.1, 0.15) is 5.75 Å². The molecule has 174 valence electrons. The minimum Gasteiger partial charge on any atom is -0.497 e. The predicted octanol–water partition coefficient (Wildman–Crippen LogP) is 3.78. The Bertz CT molecular complexity index is 1160. The van der Waals surface area contributed by atoms with Crippen molar-refractivity contribution in [1.82, 2.24) is 10.2 Å². The highest BCUT2D eigenvalue weighted by Gasteiger charge is 2.23. The maximum absolute atomic E-state index is 12.7. The summed E-state index contributed by atoms with van der Waals surface area (Å²) in [6.45, 7) is 2.64. The fourth-order valence-corrected chi connectivity index (χ4v) is 4.04. The van der Waals surface area contributed by atoms with E-state index in [4.69, 9.17) is 17.0 Å². The molecule has 1 fully saturated rings. The number of ether oxygens (including phenoxy) is 1. The number of carbonyl (C=O) groups is 2. The van der Waals surface area contributed by atoms with E-state index in [1.54, 1.807) is 31.4 Å². The van der Waals surface area contributed by atoms with Gasteiger partial charge in [0.2, 0.25) is 0 Å². The summed E-state index contributed by atoms with van der Waals surface area (Å²) in [7, 11) is 1.58. The SMILES string of the molecule is COc1ccc(C(=O)NC(=S)Nc2ccccc2N2CCN(C(=O)c3ccccc3)CC2)cc1. The van der Waals surface area contributed by atoms with Crippen molar-refractivity contribution < 1.29 is 14.3 Å². The van der Waals surface area contributed by atoms with Crippen molar-refractivity contribution in [2.24, 2.45) is 0 Å². The largest absolute Gasteiger partial charge is 0.497 e. The second-order valence-corrected chi connectivity index (χ2v) is 8.21. The third-order valence-corrected chi connectivity index (χ3v) is 5.86. The minimum atomic E-state index is -0.300. The summed E-state index contributed by atoms with van der Waals surface area (Å²) < 4.78 is 5.13. The van der Waals surface area contributed by atoms with Crippen molar-refractivity contribution in [1.29, 1.82) is 0 Å². The second kappa shape index (κ2) is 10.8. The number of para-hydroxylation sites is 2. The van der Waals surface area contributed by atoms with E-state index in [-0.39, 0.29) is 16.9 Å². The van der Waals surface area contributed by atoms with Crippen LogP contribution >= 0.6 is 12.2 Å². The van der Waals surface area contributed by atoms with Crippen LogP contribution in [0.4, 0.5) is 11.4 Å². The number of nitrogens with zero attached hydrogens (tertiary/aromatic N) is 2. The molecule has 0 unspecified atom stereocenters. The van der Waals surface area contributed by atoms with Crippen LogP contribution in [-0.2, 0) is 0 Å². The Morgan fingerprint density at radius 3 is 2.15 bits per heavy atom. The van der Waals surface area contributed by atoms with Gasteiger partial charge in [-0.25, -0.2) is 0 Å². The Labute approximate surface area is 204 Å². The zero-order chi connectivity index (χ0) is 23.9. The number of piperazine rings is 1. The Hall–Kier alpha value is -3.91. The molecule has 3 aromatic rings. The number of hydrogen-bond donors (Lipinski definition) is 2. The predicted molar refractivity (Wildman–Crippen MR) is 138 cm³/mol. The average Bonchev–Trinajstić information content (AvgIpc) is 2.89. The molecule has 1 aliphatic heterocycles. The number of rotatable bonds is 5. The highest BCUT2D eigenvalue weighted by Crippen LogP contribution is 2.27. The van der Waals surface area contributed by atoms with E-state index in [9.17, 15) is 9.59 Å². The summed E-state index contributed by atoms with van der Waals surface area (Å²) in [6.07, 6.45) is 0. The Morgan fingerprint density at radius 2 is 1.47 bits per heavy atom. The molecule has 8 heteroatoms. The number of amides is 2. The molecule has 0 aromatic heterocycles. The van der Waals surface area contributed by atoms with Gasteiger partial charge in [-0.1, -0.05) is 30.3 Å². The third kappa shape index (κ3) is 5.52. The van der Waals surface area contributed by atoms with Gasteiger partial charge in [0.25, 0.3) is 11.8 Å². The van der Waals surface area contributed by atoms with Crippen LogP contribution in [0.25, 0.3) is 0 Å². The molecule has 34 heavy (non-hydrogen) atoms. The van der Waals surface area contributed by atoms with E-state index >= 15 is 0 Å². The zero-order valence-electron chi connectivity index (χ0n) is 18.9. The van der Waals surface area contributed by atoms with Crippen LogP contribution in [0.1, 0.15) is 20.7 Å². The van der Waals surface area contributed by atoms with Crippen LogP contribution in [0, 0.1) is 0 Å². The quantitative estimate of drug-likeness (QED) is 0.549. The smallest absolute Gasteiger partial charge is 0.257 e. The van der Waals surface area contributed by atoms with Crippen molar-refractivity contribution in [2.45, 2.75) is 0 Å². The lowest BCUT2D eigenvalue weighted by Crippen LogP contribution is -2.49. The van der Waals surface area contributed by atoms with Crippen molar-refractivity contribution >= 4 is 40.5 Å². The van der Waals surface area contributed by atoms with Crippen LogP contribution in [-0.4, -0.2) is 55.1 Å². The van der Waals surface area contributed by atoms with Crippen molar-refractivity contribution in [3.8, 4) is 5.75 Å². The summed E-state index contributed by atoms with van der Waals surface area (Å²) in [6, 6.07) is 24.0. The van der Waals surface area contributed by atoms with E-state index < -0.39 is 0 Å². The van der Waals surface area contributed by atoms with E-state index in [1.807, 2.05) is 59.5 Å². The van der Waals surface area contributed by atoms with E-state index in [2.05, 4.69) is 15.5 Å². The first-order valence-corrected chi connectivity index (χ1v) is 11.4. The minimum absolute atomic E-state index is 0.0501. The van der Waals surface area contributed by atoms with Gasteiger partial charge in [-0.05, 0) is 60.7 Å². The first kappa shape index (κ1) is 23.3. The normalized spacial score (nSPS) is 13.2. The van der Waals surface area contributed by atoms with Gasteiger partial charge in [0.15, 0.2) is 5.11 Å². The molecule has 1 heterocycles. The zero-order valence-corrected chi connectivity index (χ0v) is 19.7. The lowest BCUT2D eigenvalue weighted by Gasteiger charge is -2.37. The monoisotopic (exact) mass is 474 g/mol. The summed E-state index contributed by atoms with van der Waals surface area (Å²) in [5.74, 6) is 0.427. The number of carbonyl (C=O) groups excluding carboxylic acids is 2. The van der Waals surface area contributed by atoms with Gasteiger partial charge < -0.3 is 19.9 Å². The summed E-state index contributed by atoms with van der Waals surface area (Å²) >= 11 is 5.39. The molecule has 0 radical (unpaired) electrons. The number of thiocarbonyl (C=S) groups is 1. The second-order valence-electron chi connectivity index (χ2n) is 7.80. The number of anilines is 2. The molecule has 2 N–H and O–H groups in total. The highest BCUT2D eigenvalue weighted by atomic mass is 32.1. The van der Waals surface area contributed by atoms with Crippen LogP contribution in [0.3, 0.4) is 0 Å². The molecule has 0 aliphatic carbocycles. The Morgan fingerprint density at radius 1 is 0.824 bits per heavy atom. The molecule has 7 nitrogen and oxygen atoms in total. The van der Waals surface area contributed by atoms with Gasteiger partial charge in [-0.3, -0.25) is 14.9 Å². The van der Waals surface area contributed by atoms with Gasteiger partial charge in [0.05, 0.1) is 18.5 Å². The first-order chi connectivity index (χ1) is 16.5. The standard InChI is InChI=1S/C26H26N4O3S/c1-33-21-13-11-19(12-14-21)24(31)28-26(34)27-22-9-5-6-10-23(22)29-15-17-30(18-16-29)25(32)20-7-3-2-4-8-20/h2-14H,15-18H2,1H3,(H2,27,28,31,34). The molecule has 2 amide bonds. The van der Waals surface area contributed by atoms with Gasteiger partial charge in [-0.15, -0.1) is 0 Å². The van der Waals surface area contributed by atoms with Gasteiger partial charge >= 0.3 is 0 Å². The maximum Gasteiger partial charge on any atom is 0.257 e. The Kier molecular flexibility index (Phi) is 7.39. The fraction of sp³-hybridized carbons (Fsp3) is 0.192. The van der Waals surface area contributed by atoms with Crippen LogP contribution < -0.4 is 20.3 Å². The fourth-order valence-electron chi connectivity index (χ4n) is 3.84. The summed E-state index contributed by atoms with van der Waals surface area (Å²) in [4.78, 5) is 29.4. The molecule has 0 atom stereocenters. The first-order valence-electron chi connectivity index (χ1n) is 11.0. The maximum atomic E-state index is 12.7. The molecule has 0 spiro atoms. The van der Waals surface area contributed by atoms with Crippen molar-refractivity contribution in [3.05, 3.63) is 90.0 Å². The lowest BCUT2D eigenvalue weighted by molar-refractivity contribution is 0.0746. The highest BCUT2D eigenvalue weighted by molar-refractivity contribution is 7.80. The summed E-state index contributed by atoms with van der Waals surface area (Å²) in [5, 5.41) is 6.08. The molecule has 0 saturated carbocycles. The molecular formula is C26H26N4O3S. The van der Waals surface area contributed by atoms with E-state index in [0.29, 0.717) is 43.1 Å². The summed E-state index contributed by atoms with van der Waals surface area (Å²) in [5.41, 5.74) is 2.95. The molecule has 4 rings (SSSR count). The van der Waals surface area contributed by atoms with Crippen molar-refractivity contribution in [3.63, 3.8) is 0 Å². The molecule has 1 saturated heterocycles. The third-order valence-electron chi connectivity index (χ3n) is 5.66. The van der Waals surface area contributed by atoms with Gasteiger partial charge in [-0.2, -0.15) is 0 Å². The number of methoxy groups -OCH3 is 1. The number of hydrogen-bond acceptors (Lipinski definition) is 5. The van der Waals surface area contributed by atoms with E-state index in [1.165, 1.54) is 0 Å². The van der Waals surface area contributed by atoms with Crippen molar-refractivity contribution in [2.75, 3.05) is 43.5 Å². The van der Waals surface area contributed by atoms with Crippen LogP contribution in [0.15, 0.2) is 78.9 Å². The molecule has 0 bridgehead atoms. The number of benzene rings is 3. The molecular weight excluding hydrogens is 448 g/mol. The molecule has 3 aromatic carbocycles. The van der Waals surface area contributed by atoms with Crippen LogP contribution in [0.5, 0.6) is 5.75 Å². The number of nitrogens with one attached hydrogen (secondary N) is 2. The topological polar surface area (TPSA) is 73.9 Å².